The molecule has 0 fully saturated rings. The zero-order valence-electron chi connectivity index (χ0n) is 26.0. The molecule has 0 aliphatic carbocycles. The van der Waals surface area contributed by atoms with Gasteiger partial charge < -0.3 is 92.1 Å². The summed E-state index contributed by atoms with van der Waals surface area (Å²) >= 11 is 0. The van der Waals surface area contributed by atoms with E-state index < -0.39 is 58.1 Å². The molecule has 20 nitrogen and oxygen atoms in total. The molecule has 22 heteroatoms. The molecule has 0 atom stereocenters. The number of hydrogen-bond acceptors (Lipinski definition) is 12. The fourth-order valence-electron chi connectivity index (χ4n) is 3.47. The van der Waals surface area contributed by atoms with Gasteiger partial charge in [0.2, 0.25) is 0 Å². The van der Waals surface area contributed by atoms with Crippen LogP contribution < -0.4 is 29.9 Å². The Morgan fingerprint density at radius 1 is 0.385 bits per heavy atom. The van der Waals surface area contributed by atoms with E-state index in [2.05, 4.69) is 0 Å². The van der Waals surface area contributed by atoms with Crippen molar-refractivity contribution in [3.8, 4) is 23.0 Å². The van der Waals surface area contributed by atoms with Gasteiger partial charge in [0, 0.05) is 22.3 Å². The van der Waals surface area contributed by atoms with Gasteiger partial charge >= 0.3 is 45.5 Å². The van der Waals surface area contributed by atoms with Crippen LogP contribution in [0.4, 0.5) is 0 Å². The van der Waals surface area contributed by atoms with Crippen molar-refractivity contribution >= 4 is 35.8 Å². The second kappa shape index (κ2) is 26.0. The normalized spacial score (nSPS) is 8.46. The molecule has 4 aromatic rings. The summed E-state index contributed by atoms with van der Waals surface area (Å²) in [4.78, 5) is 64.9. The van der Waals surface area contributed by atoms with E-state index in [0.29, 0.717) is 0 Å². The van der Waals surface area contributed by atoms with Gasteiger partial charge in [-0.2, -0.15) is 0 Å². The summed E-state index contributed by atoms with van der Waals surface area (Å²) in [5, 5.41) is 61.0. The minimum absolute atomic E-state index is 0. The molecule has 0 saturated heterocycles. The number of carbonyl (C=O) groups is 6. The van der Waals surface area contributed by atoms with Crippen LogP contribution in [-0.4, -0.2) is 46.0 Å². The van der Waals surface area contributed by atoms with Crippen LogP contribution in [0.3, 0.4) is 0 Å². The molecule has 286 valence electrons. The monoisotopic (exact) mass is 832 g/mol. The molecule has 20 N–H and O–H groups in total. The third-order valence-corrected chi connectivity index (χ3v) is 5.54. The van der Waals surface area contributed by atoms with Gasteiger partial charge in [0.25, 0.3) is 0 Å². The van der Waals surface area contributed by atoms with Crippen LogP contribution in [0.5, 0.6) is 23.0 Å². The largest absolute Gasteiger partial charge is 2.00 e. The van der Waals surface area contributed by atoms with Gasteiger partial charge in [-0.05, 0) is 84.9 Å². The average Bonchev–Trinajstić information content (AvgIpc) is 2.97. The van der Waals surface area contributed by atoms with Crippen molar-refractivity contribution in [2.45, 2.75) is 0 Å². The third-order valence-electron chi connectivity index (χ3n) is 5.54. The summed E-state index contributed by atoms with van der Waals surface area (Å²) in [6.45, 7) is 0. The second-order valence-electron chi connectivity index (χ2n) is 8.43. The predicted molar refractivity (Wildman–Crippen MR) is 166 cm³/mol. The Hall–Kier alpha value is -5.93. The summed E-state index contributed by atoms with van der Waals surface area (Å²) in [5.41, 5.74) is -2.05. The smallest absolute Gasteiger partial charge is 0.545 e. The number of carboxylic acids is 6. The van der Waals surface area contributed by atoms with Gasteiger partial charge in [-0.15, -0.1) is 0 Å². The summed E-state index contributed by atoms with van der Waals surface area (Å²) in [6.07, 6.45) is 0. The Labute approximate surface area is 311 Å². The standard InChI is InChI=1S/2C15H10O7.2Co.6H2O/c2*16-13(17)8-1-3-9(4-2-8)22-10-5-6-11(14(18)19)12(7-10)15(20)21;;;;;;;;/h2*1-7H,(H,16,17)(H,18,19)(H,20,21);;;6*1H2/q;;2*+2;;;;;;/p+2. The van der Waals surface area contributed by atoms with Crippen LogP contribution in [0, 0.1) is 0 Å². The van der Waals surface area contributed by atoms with E-state index in [9.17, 15) is 49.2 Å². The zero-order chi connectivity index (χ0) is 32.6. The predicted octanol–water partition coefficient (Wildman–Crippen LogP) is -5.73. The van der Waals surface area contributed by atoms with E-state index in [0.717, 1.165) is 24.3 Å². The topological polar surface area (TPSA) is 452 Å². The summed E-state index contributed by atoms with van der Waals surface area (Å²) in [6, 6.07) is 17.3. The van der Waals surface area contributed by atoms with Crippen LogP contribution in [0.25, 0.3) is 0 Å². The van der Waals surface area contributed by atoms with Crippen molar-refractivity contribution in [3.05, 3.63) is 118 Å². The van der Waals surface area contributed by atoms with Gasteiger partial charge in [0.1, 0.15) is 23.0 Å². The van der Waals surface area contributed by atoms with E-state index in [1.165, 1.54) is 60.7 Å². The maximum atomic E-state index is 10.9. The maximum absolute atomic E-state index is 10.9. The number of ether oxygens (including phenoxy) is 2. The molecule has 0 aromatic heterocycles. The first-order valence-corrected chi connectivity index (χ1v) is 11.9. The minimum Gasteiger partial charge on any atom is -0.545 e. The van der Waals surface area contributed by atoms with Crippen LogP contribution >= 0.6 is 0 Å². The quantitative estimate of drug-likeness (QED) is 0.141. The summed E-state index contributed by atoms with van der Waals surface area (Å²) < 4.78 is 10.7. The summed E-state index contributed by atoms with van der Waals surface area (Å²) in [5.74, 6) is -8.18. The molecule has 0 bridgehead atoms. The number of rotatable bonds is 10. The maximum Gasteiger partial charge on any atom is 2.00 e. The molecule has 4 rings (SSSR count). The Bertz CT molecular complexity index is 1650. The molecule has 0 spiro atoms. The van der Waals surface area contributed by atoms with Crippen LogP contribution in [0.2, 0.25) is 0 Å². The molecule has 0 aliphatic heterocycles. The molecule has 0 heterocycles. The number of hydrogen-bond donors (Lipinski definition) is 2. The number of carbonyl (C=O) groups excluding carboxylic acids is 4. The first-order chi connectivity index (χ1) is 20.8. The van der Waals surface area contributed by atoms with E-state index >= 15 is 0 Å². The van der Waals surface area contributed by atoms with E-state index in [-0.39, 0.29) is 101 Å². The molecule has 4 aromatic carbocycles. The van der Waals surface area contributed by atoms with Gasteiger partial charge in [-0.3, -0.25) is 0 Å². The van der Waals surface area contributed by atoms with Crippen LogP contribution in [0.15, 0.2) is 84.9 Å². The third kappa shape index (κ3) is 15.7. The molecule has 0 amide bonds. The van der Waals surface area contributed by atoms with Gasteiger partial charge in [-0.25, -0.2) is 9.59 Å². The molecule has 52 heavy (non-hydrogen) atoms. The van der Waals surface area contributed by atoms with Gasteiger partial charge in [0.15, 0.2) is 0 Å². The Balaban J connectivity index is -0.000000176. The van der Waals surface area contributed by atoms with Crippen molar-refractivity contribution in [2.24, 2.45) is 0 Å². The molecule has 0 unspecified atom stereocenters. The van der Waals surface area contributed by atoms with E-state index in [1.807, 2.05) is 0 Å². The molecule has 0 aliphatic rings. The SMILES string of the molecule is O=C(O)c1ccc(Oc2ccc(C(=O)[O-])c(C(=O)[O-])c2)cc1.O=C(O)c1ccc(Oc2ccc(C(=O)[O-])c(C(=O)[O-])c2)cc1.[Co+2].[Co+2].[OH3+].[OH3+].[OH3+].[OH3+].[OH3+].[OH3+]. The van der Waals surface area contributed by atoms with Crippen molar-refractivity contribution in [1.82, 2.24) is 0 Å². The van der Waals surface area contributed by atoms with E-state index in [4.69, 9.17) is 19.7 Å². The number of benzene rings is 4. The van der Waals surface area contributed by atoms with E-state index in [1.54, 1.807) is 0 Å². The molecule has 0 saturated carbocycles. The van der Waals surface area contributed by atoms with Gasteiger partial charge in [0.05, 0.1) is 35.0 Å². The Kier molecular flexibility index (Phi) is 29.1. The first-order valence-electron chi connectivity index (χ1n) is 11.9. The average molecular weight is 832 g/mol. The second-order valence-corrected chi connectivity index (χ2v) is 8.43. The van der Waals surface area contributed by atoms with Crippen molar-refractivity contribution in [3.63, 3.8) is 0 Å². The molecular weight excluding hydrogens is 798 g/mol. The summed E-state index contributed by atoms with van der Waals surface area (Å²) in [7, 11) is 0. The fraction of sp³-hybridized carbons (Fsp3) is 0. The molecule has 2 radical (unpaired) electrons. The Morgan fingerprint density at radius 2 is 0.615 bits per heavy atom. The van der Waals surface area contributed by atoms with Crippen LogP contribution in [-0.2, 0) is 66.4 Å². The zero-order valence-corrected chi connectivity index (χ0v) is 28.1. The fourth-order valence-corrected chi connectivity index (χ4v) is 3.47. The first kappa shape index (κ1) is 58.3. The van der Waals surface area contributed by atoms with Gasteiger partial charge in [-0.1, -0.05) is 0 Å². The Morgan fingerprint density at radius 3 is 0.827 bits per heavy atom. The minimum atomic E-state index is -1.68. The van der Waals surface area contributed by atoms with Crippen molar-refractivity contribution < 1.29 is 135 Å². The van der Waals surface area contributed by atoms with Crippen LogP contribution in [0.1, 0.15) is 62.1 Å². The van der Waals surface area contributed by atoms with Crippen molar-refractivity contribution in [1.29, 1.82) is 0 Å². The number of aromatic carboxylic acids is 6. The number of carboxylic acid groups (broad SMARTS) is 6. The van der Waals surface area contributed by atoms with Crippen molar-refractivity contribution in [2.75, 3.05) is 0 Å². The molecular formula is C30H34Co2O20+6.